The topological polar surface area (TPSA) is 37.4 Å². The zero-order valence-electron chi connectivity index (χ0n) is 10.3. The average Bonchev–Trinajstić information content (AvgIpc) is 2.52. The van der Waals surface area contributed by atoms with Crippen molar-refractivity contribution in [2.24, 2.45) is 0 Å². The normalized spacial score (nSPS) is 26.2. The summed E-state index contributed by atoms with van der Waals surface area (Å²) in [5.41, 5.74) is 0. The molecule has 4 atom stereocenters. The standard InChI is InChI=1S/C11H19NO2S3/c1-4-7(10(16)6(2)15)17-8-5-9(13)12(3)11(8)14/h6-8,10,15-16H,4-5H2,1-3H3. The summed E-state index contributed by atoms with van der Waals surface area (Å²) in [5.74, 6) is -0.164. The highest BCUT2D eigenvalue weighted by atomic mass is 32.2. The summed E-state index contributed by atoms with van der Waals surface area (Å²) in [6, 6.07) is 0. The third-order valence-corrected chi connectivity index (χ3v) is 6.19. The molecule has 3 nitrogen and oxygen atoms in total. The predicted octanol–water partition coefficient (Wildman–Crippen LogP) is 1.87. The van der Waals surface area contributed by atoms with Gasteiger partial charge < -0.3 is 0 Å². The summed E-state index contributed by atoms with van der Waals surface area (Å²) in [6.45, 7) is 4.07. The zero-order chi connectivity index (χ0) is 13.2. The fourth-order valence-corrected chi connectivity index (χ4v) is 4.04. The summed E-state index contributed by atoms with van der Waals surface area (Å²) in [4.78, 5) is 24.5. The van der Waals surface area contributed by atoms with Crippen LogP contribution in [-0.4, -0.2) is 44.8 Å². The first-order valence-electron chi connectivity index (χ1n) is 5.70. The van der Waals surface area contributed by atoms with E-state index >= 15 is 0 Å². The van der Waals surface area contributed by atoms with E-state index in [4.69, 9.17) is 0 Å². The van der Waals surface area contributed by atoms with Gasteiger partial charge in [0.1, 0.15) is 0 Å². The van der Waals surface area contributed by atoms with E-state index in [9.17, 15) is 9.59 Å². The van der Waals surface area contributed by atoms with Crippen LogP contribution in [0.1, 0.15) is 26.7 Å². The first-order valence-corrected chi connectivity index (χ1v) is 7.68. The maximum Gasteiger partial charge on any atom is 0.242 e. The molecule has 4 unspecified atom stereocenters. The third-order valence-electron chi connectivity index (χ3n) is 2.96. The lowest BCUT2D eigenvalue weighted by atomic mass is 10.2. The van der Waals surface area contributed by atoms with Crippen molar-refractivity contribution in [2.75, 3.05) is 7.05 Å². The molecule has 0 spiro atoms. The summed E-state index contributed by atoms with van der Waals surface area (Å²) in [5, 5.41) is 0.307. The number of hydrogen-bond acceptors (Lipinski definition) is 5. The van der Waals surface area contributed by atoms with Gasteiger partial charge in [-0.1, -0.05) is 13.8 Å². The lowest BCUT2D eigenvalue weighted by molar-refractivity contribution is -0.136. The van der Waals surface area contributed by atoms with Crippen LogP contribution in [0.3, 0.4) is 0 Å². The van der Waals surface area contributed by atoms with Crippen LogP contribution in [0.2, 0.25) is 0 Å². The molecule has 1 saturated heterocycles. The second-order valence-corrected chi connectivity index (χ2v) is 7.16. The molecule has 98 valence electrons. The number of thioether (sulfide) groups is 1. The maximum absolute atomic E-state index is 11.8. The summed E-state index contributed by atoms with van der Waals surface area (Å²) in [7, 11) is 1.55. The monoisotopic (exact) mass is 293 g/mol. The molecular weight excluding hydrogens is 274 g/mol. The van der Waals surface area contributed by atoms with Crippen LogP contribution in [0.4, 0.5) is 0 Å². The van der Waals surface area contributed by atoms with Crippen molar-refractivity contribution in [3.63, 3.8) is 0 Å². The van der Waals surface area contributed by atoms with Gasteiger partial charge in [-0.05, 0) is 6.42 Å². The molecule has 1 aliphatic heterocycles. The van der Waals surface area contributed by atoms with Crippen molar-refractivity contribution in [3.8, 4) is 0 Å². The molecule has 1 heterocycles. The molecule has 2 amide bonds. The number of thiol groups is 2. The fourth-order valence-electron chi connectivity index (χ4n) is 1.77. The van der Waals surface area contributed by atoms with Crippen LogP contribution < -0.4 is 0 Å². The summed E-state index contributed by atoms with van der Waals surface area (Å²) in [6.07, 6.45) is 1.24. The van der Waals surface area contributed by atoms with E-state index in [1.165, 1.54) is 4.90 Å². The van der Waals surface area contributed by atoms with E-state index in [1.807, 2.05) is 6.92 Å². The first kappa shape index (κ1) is 15.2. The second-order valence-electron chi connectivity index (χ2n) is 4.30. The molecule has 0 aromatic carbocycles. The number of carbonyl (C=O) groups is 2. The number of amides is 2. The van der Waals surface area contributed by atoms with E-state index < -0.39 is 0 Å². The van der Waals surface area contributed by atoms with Crippen LogP contribution >= 0.6 is 37.0 Å². The Bertz CT molecular complexity index is 309. The van der Waals surface area contributed by atoms with Crippen LogP contribution in [0.15, 0.2) is 0 Å². The molecule has 0 radical (unpaired) electrons. The smallest absolute Gasteiger partial charge is 0.242 e. The molecular formula is C11H19NO2S3. The van der Waals surface area contributed by atoms with Gasteiger partial charge in [-0.15, -0.1) is 11.8 Å². The van der Waals surface area contributed by atoms with Crippen LogP contribution in [0, 0.1) is 0 Å². The van der Waals surface area contributed by atoms with Gasteiger partial charge in [-0.2, -0.15) is 25.3 Å². The van der Waals surface area contributed by atoms with Gasteiger partial charge in [-0.3, -0.25) is 14.5 Å². The predicted molar refractivity (Wildman–Crippen MR) is 79.1 cm³/mol. The van der Waals surface area contributed by atoms with Gasteiger partial charge in [0.2, 0.25) is 11.8 Å². The van der Waals surface area contributed by atoms with Gasteiger partial charge in [0, 0.05) is 29.2 Å². The Balaban J connectivity index is 2.64. The summed E-state index contributed by atoms with van der Waals surface area (Å²) < 4.78 is 0. The van der Waals surface area contributed by atoms with E-state index in [2.05, 4.69) is 32.2 Å². The number of carbonyl (C=O) groups excluding carboxylic acids is 2. The number of imide groups is 1. The van der Waals surface area contributed by atoms with Crippen molar-refractivity contribution in [1.29, 1.82) is 0 Å². The van der Waals surface area contributed by atoms with Gasteiger partial charge in [0.15, 0.2) is 0 Å². The Morgan fingerprint density at radius 2 is 2.06 bits per heavy atom. The van der Waals surface area contributed by atoms with Crippen molar-refractivity contribution in [3.05, 3.63) is 0 Å². The largest absolute Gasteiger partial charge is 0.285 e. The van der Waals surface area contributed by atoms with E-state index in [0.29, 0.717) is 6.42 Å². The van der Waals surface area contributed by atoms with Crippen LogP contribution in [0.5, 0.6) is 0 Å². The van der Waals surface area contributed by atoms with Gasteiger partial charge >= 0.3 is 0 Å². The lowest BCUT2D eigenvalue weighted by Gasteiger charge is -2.25. The Labute approximate surface area is 118 Å². The number of hydrogen-bond donors (Lipinski definition) is 2. The molecule has 1 rings (SSSR count). The zero-order valence-corrected chi connectivity index (χ0v) is 12.9. The molecule has 0 aliphatic carbocycles. The number of likely N-dealkylation sites (tertiary alicyclic amines) is 1. The SMILES string of the molecule is CCC(SC1CC(=O)N(C)C1=O)C(S)C(C)S. The Morgan fingerprint density at radius 3 is 2.41 bits per heavy atom. The molecule has 0 N–H and O–H groups in total. The van der Waals surface area contributed by atoms with Crippen molar-refractivity contribution in [2.45, 2.75) is 47.7 Å². The molecule has 17 heavy (non-hydrogen) atoms. The average molecular weight is 293 g/mol. The third kappa shape index (κ3) is 3.58. The fraction of sp³-hybridized carbons (Fsp3) is 0.818. The van der Waals surface area contributed by atoms with Gasteiger partial charge in [0.25, 0.3) is 0 Å². The number of rotatable bonds is 5. The molecule has 0 aromatic heterocycles. The van der Waals surface area contributed by atoms with Crippen molar-refractivity contribution < 1.29 is 9.59 Å². The van der Waals surface area contributed by atoms with Gasteiger partial charge in [0.05, 0.1) is 5.25 Å². The number of nitrogens with zero attached hydrogens (tertiary/aromatic N) is 1. The minimum absolute atomic E-state index is 0.0780. The highest BCUT2D eigenvalue weighted by molar-refractivity contribution is 8.02. The Hall–Kier alpha value is 0.190. The van der Waals surface area contributed by atoms with E-state index in [-0.39, 0.29) is 32.8 Å². The Morgan fingerprint density at radius 1 is 1.47 bits per heavy atom. The molecule has 0 saturated carbocycles. The van der Waals surface area contributed by atoms with E-state index in [1.54, 1.807) is 18.8 Å². The quantitative estimate of drug-likeness (QED) is 0.600. The highest BCUT2D eigenvalue weighted by Crippen LogP contribution is 2.34. The van der Waals surface area contributed by atoms with Gasteiger partial charge in [-0.25, -0.2) is 0 Å². The van der Waals surface area contributed by atoms with E-state index in [0.717, 1.165) is 6.42 Å². The molecule has 6 heteroatoms. The molecule has 1 aliphatic rings. The maximum atomic E-state index is 11.8. The van der Waals surface area contributed by atoms with Crippen LogP contribution in [-0.2, 0) is 9.59 Å². The van der Waals surface area contributed by atoms with Crippen LogP contribution in [0.25, 0.3) is 0 Å². The molecule has 1 fully saturated rings. The minimum atomic E-state index is -0.237. The highest BCUT2D eigenvalue weighted by Gasteiger charge is 2.38. The minimum Gasteiger partial charge on any atom is -0.285 e. The first-order chi connectivity index (χ1) is 7.88. The Kier molecular flexibility index (Phi) is 5.73. The lowest BCUT2D eigenvalue weighted by Crippen LogP contribution is -2.31. The van der Waals surface area contributed by atoms with Crippen molar-refractivity contribution >= 4 is 48.8 Å². The molecule has 0 bridgehead atoms. The van der Waals surface area contributed by atoms with Crippen molar-refractivity contribution in [1.82, 2.24) is 4.90 Å². The molecule has 0 aromatic rings. The second kappa shape index (κ2) is 6.38. The summed E-state index contributed by atoms with van der Waals surface area (Å²) >= 11 is 10.5.